The molecule has 0 heterocycles. The van der Waals surface area contributed by atoms with E-state index in [1.54, 1.807) is 4.90 Å². The van der Waals surface area contributed by atoms with Gasteiger partial charge in [-0.05, 0) is 20.3 Å². The lowest BCUT2D eigenvalue weighted by Crippen LogP contribution is -2.38. The van der Waals surface area contributed by atoms with E-state index in [9.17, 15) is 4.79 Å². The van der Waals surface area contributed by atoms with Crippen molar-refractivity contribution in [2.24, 2.45) is 5.73 Å². The molecule has 0 rings (SSSR count). The summed E-state index contributed by atoms with van der Waals surface area (Å²) >= 11 is 0. The van der Waals surface area contributed by atoms with Crippen LogP contribution in [0.2, 0.25) is 0 Å². The van der Waals surface area contributed by atoms with Crippen molar-refractivity contribution in [1.82, 2.24) is 4.90 Å². The summed E-state index contributed by atoms with van der Waals surface area (Å²) < 4.78 is 5.25. The average molecular weight is 202 g/mol. The van der Waals surface area contributed by atoms with Crippen molar-refractivity contribution in [1.29, 1.82) is 0 Å². The molecule has 14 heavy (non-hydrogen) atoms. The molecule has 0 fully saturated rings. The third-order valence-electron chi connectivity index (χ3n) is 1.79. The van der Waals surface area contributed by atoms with Crippen molar-refractivity contribution in [3.05, 3.63) is 0 Å². The quantitative estimate of drug-likeness (QED) is 0.658. The Bertz CT molecular complexity index is 154. The van der Waals surface area contributed by atoms with Gasteiger partial charge in [-0.15, -0.1) is 0 Å². The van der Waals surface area contributed by atoms with Crippen LogP contribution in [0.3, 0.4) is 0 Å². The van der Waals surface area contributed by atoms with Gasteiger partial charge in [0, 0.05) is 19.6 Å². The molecule has 0 saturated carbocycles. The first kappa shape index (κ1) is 13.4. The lowest BCUT2D eigenvalue weighted by Gasteiger charge is -2.21. The summed E-state index contributed by atoms with van der Waals surface area (Å²) in [5.74, 6) is 0.0333. The van der Waals surface area contributed by atoms with E-state index in [0.717, 1.165) is 13.0 Å². The zero-order chi connectivity index (χ0) is 11.0. The van der Waals surface area contributed by atoms with Gasteiger partial charge >= 0.3 is 0 Å². The Hall–Kier alpha value is -0.610. The zero-order valence-electron chi connectivity index (χ0n) is 9.45. The Morgan fingerprint density at radius 2 is 2.07 bits per heavy atom. The maximum atomic E-state index is 11.6. The summed E-state index contributed by atoms with van der Waals surface area (Å²) in [6.07, 6.45) is 1.05. The summed E-state index contributed by atoms with van der Waals surface area (Å²) in [7, 11) is 0. The average Bonchev–Trinajstić information content (AvgIpc) is 2.14. The minimum absolute atomic E-state index is 0.0333. The molecule has 1 amide bonds. The van der Waals surface area contributed by atoms with Gasteiger partial charge in [0.15, 0.2) is 0 Å². The number of carbonyl (C=O) groups is 1. The molecule has 4 heteroatoms. The number of rotatable bonds is 7. The van der Waals surface area contributed by atoms with Crippen molar-refractivity contribution in [2.75, 3.05) is 26.2 Å². The van der Waals surface area contributed by atoms with Gasteiger partial charge in [0.2, 0.25) is 5.91 Å². The van der Waals surface area contributed by atoms with Crippen molar-refractivity contribution < 1.29 is 9.53 Å². The van der Waals surface area contributed by atoms with Crippen LogP contribution in [0.5, 0.6) is 0 Å². The lowest BCUT2D eigenvalue weighted by atomic mass is 10.4. The number of nitrogens with two attached hydrogens (primary N) is 1. The van der Waals surface area contributed by atoms with Gasteiger partial charge in [0.05, 0.1) is 6.10 Å². The highest BCUT2D eigenvalue weighted by molar-refractivity contribution is 5.77. The fourth-order valence-corrected chi connectivity index (χ4v) is 1.12. The lowest BCUT2D eigenvalue weighted by molar-refractivity contribution is -0.137. The first-order valence-corrected chi connectivity index (χ1v) is 5.21. The molecule has 0 aliphatic carbocycles. The molecule has 0 bridgehead atoms. The van der Waals surface area contributed by atoms with E-state index >= 15 is 0 Å². The van der Waals surface area contributed by atoms with Crippen molar-refractivity contribution >= 4 is 5.91 Å². The van der Waals surface area contributed by atoms with Crippen LogP contribution in [0.1, 0.15) is 27.2 Å². The number of carbonyl (C=O) groups excluding carboxylic acids is 1. The van der Waals surface area contributed by atoms with Gasteiger partial charge in [-0.2, -0.15) is 0 Å². The van der Waals surface area contributed by atoms with Crippen LogP contribution < -0.4 is 5.73 Å². The number of hydrogen-bond acceptors (Lipinski definition) is 3. The molecule has 0 saturated heterocycles. The molecular weight excluding hydrogens is 180 g/mol. The van der Waals surface area contributed by atoms with E-state index in [1.807, 2.05) is 20.8 Å². The normalized spacial score (nSPS) is 10.6. The van der Waals surface area contributed by atoms with Crippen molar-refractivity contribution in [3.8, 4) is 0 Å². The van der Waals surface area contributed by atoms with Crippen LogP contribution in [-0.4, -0.2) is 43.2 Å². The van der Waals surface area contributed by atoms with Crippen molar-refractivity contribution in [3.63, 3.8) is 0 Å². The fourth-order valence-electron chi connectivity index (χ4n) is 1.12. The molecular formula is C10H22N2O2. The molecule has 0 unspecified atom stereocenters. The van der Waals surface area contributed by atoms with E-state index in [2.05, 4.69) is 0 Å². The largest absolute Gasteiger partial charge is 0.369 e. The predicted molar refractivity (Wildman–Crippen MR) is 57.0 cm³/mol. The number of nitrogens with zero attached hydrogens (tertiary/aromatic N) is 1. The van der Waals surface area contributed by atoms with Gasteiger partial charge < -0.3 is 15.4 Å². The van der Waals surface area contributed by atoms with Gasteiger partial charge in [0.25, 0.3) is 0 Å². The van der Waals surface area contributed by atoms with Crippen molar-refractivity contribution in [2.45, 2.75) is 33.3 Å². The molecule has 0 aliphatic rings. The molecule has 0 aromatic heterocycles. The van der Waals surface area contributed by atoms with E-state index in [1.165, 1.54) is 0 Å². The molecule has 0 aromatic carbocycles. The minimum atomic E-state index is 0.0333. The van der Waals surface area contributed by atoms with Gasteiger partial charge in [-0.3, -0.25) is 4.79 Å². The van der Waals surface area contributed by atoms with Crippen LogP contribution in [0.4, 0.5) is 0 Å². The molecule has 0 spiro atoms. The summed E-state index contributed by atoms with van der Waals surface area (Å²) in [5, 5.41) is 0. The maximum absolute atomic E-state index is 11.6. The summed E-state index contributed by atoms with van der Waals surface area (Å²) in [6.45, 7) is 7.93. The van der Waals surface area contributed by atoms with Crippen LogP contribution in [-0.2, 0) is 9.53 Å². The Morgan fingerprint density at radius 3 is 2.50 bits per heavy atom. The molecule has 84 valence electrons. The van der Waals surface area contributed by atoms with E-state index < -0.39 is 0 Å². The third-order valence-corrected chi connectivity index (χ3v) is 1.79. The molecule has 4 nitrogen and oxygen atoms in total. The summed E-state index contributed by atoms with van der Waals surface area (Å²) in [6, 6.07) is 0. The SMILES string of the molecule is CCCN(CCN)C(=O)COC(C)C. The smallest absolute Gasteiger partial charge is 0.248 e. The van der Waals surface area contributed by atoms with Crippen LogP contribution in [0.25, 0.3) is 0 Å². The van der Waals surface area contributed by atoms with E-state index in [0.29, 0.717) is 13.1 Å². The zero-order valence-corrected chi connectivity index (χ0v) is 9.45. The Morgan fingerprint density at radius 1 is 1.43 bits per heavy atom. The minimum Gasteiger partial charge on any atom is -0.369 e. The standard InChI is InChI=1S/C10H22N2O2/c1-4-6-12(7-5-11)10(13)8-14-9(2)3/h9H,4-8,11H2,1-3H3. The number of amides is 1. The molecule has 2 N–H and O–H groups in total. The second kappa shape index (κ2) is 7.76. The molecule has 0 radical (unpaired) electrons. The second-order valence-corrected chi connectivity index (χ2v) is 3.53. The first-order valence-electron chi connectivity index (χ1n) is 5.21. The van der Waals surface area contributed by atoms with Gasteiger partial charge in [0.1, 0.15) is 6.61 Å². The Balaban J connectivity index is 3.88. The second-order valence-electron chi connectivity index (χ2n) is 3.53. The van der Waals surface area contributed by atoms with E-state index in [-0.39, 0.29) is 18.6 Å². The van der Waals surface area contributed by atoms with Crippen LogP contribution in [0.15, 0.2) is 0 Å². The highest BCUT2D eigenvalue weighted by Gasteiger charge is 2.11. The number of ether oxygens (including phenoxy) is 1. The van der Waals surface area contributed by atoms with Gasteiger partial charge in [-0.1, -0.05) is 6.92 Å². The first-order chi connectivity index (χ1) is 6.61. The summed E-state index contributed by atoms with van der Waals surface area (Å²) in [5.41, 5.74) is 5.42. The maximum Gasteiger partial charge on any atom is 0.248 e. The summed E-state index contributed by atoms with van der Waals surface area (Å²) in [4.78, 5) is 13.3. The highest BCUT2D eigenvalue weighted by atomic mass is 16.5. The molecule has 0 aliphatic heterocycles. The van der Waals surface area contributed by atoms with Crippen LogP contribution in [0, 0.1) is 0 Å². The Labute approximate surface area is 86.4 Å². The number of hydrogen-bond donors (Lipinski definition) is 1. The fraction of sp³-hybridized carbons (Fsp3) is 0.900. The molecule has 0 atom stereocenters. The van der Waals surface area contributed by atoms with Crippen LogP contribution >= 0.6 is 0 Å². The predicted octanol–water partition coefficient (Wildman–Crippen LogP) is 0.609. The third kappa shape index (κ3) is 5.94. The van der Waals surface area contributed by atoms with E-state index in [4.69, 9.17) is 10.5 Å². The molecule has 0 aromatic rings. The topological polar surface area (TPSA) is 55.6 Å². The highest BCUT2D eigenvalue weighted by Crippen LogP contribution is 1.95. The monoisotopic (exact) mass is 202 g/mol. The van der Waals surface area contributed by atoms with Gasteiger partial charge in [-0.25, -0.2) is 0 Å². The Kier molecular flexibility index (Phi) is 7.42.